The minimum Gasteiger partial charge on any atom is -0.376 e. The molecule has 0 aliphatic heterocycles. The Balaban J connectivity index is 1.93. The number of benzene rings is 2. The van der Waals surface area contributed by atoms with Gasteiger partial charge in [0.2, 0.25) is 0 Å². The van der Waals surface area contributed by atoms with E-state index in [-0.39, 0.29) is 12.2 Å². The van der Waals surface area contributed by atoms with Crippen molar-refractivity contribution in [2.45, 2.75) is 26.9 Å². The number of nitrogens with one attached hydrogen (secondary N) is 2. The van der Waals surface area contributed by atoms with Gasteiger partial charge in [-0.05, 0) is 61.7 Å². The molecule has 0 unspecified atom stereocenters. The normalized spacial score (nSPS) is 12.0. The third-order valence-corrected chi connectivity index (χ3v) is 3.92. The van der Waals surface area contributed by atoms with E-state index in [0.717, 1.165) is 28.8 Å². The molecule has 2 rings (SSSR count). The summed E-state index contributed by atoms with van der Waals surface area (Å²) in [5.41, 5.74) is 5.65. The molecule has 0 aliphatic rings. The third-order valence-electron chi connectivity index (χ3n) is 3.92. The largest absolute Gasteiger partial charge is 0.416 e. The van der Waals surface area contributed by atoms with E-state index in [1.54, 1.807) is 6.92 Å². The maximum Gasteiger partial charge on any atom is 0.416 e. The Morgan fingerprint density at radius 3 is 2.46 bits per heavy atom. The van der Waals surface area contributed by atoms with E-state index in [0.29, 0.717) is 5.71 Å². The summed E-state index contributed by atoms with van der Waals surface area (Å²) < 4.78 is 38.0. The average molecular weight is 363 g/mol. The summed E-state index contributed by atoms with van der Waals surface area (Å²) in [5, 5.41) is 6.69. The zero-order valence-corrected chi connectivity index (χ0v) is 14.7. The van der Waals surface area contributed by atoms with E-state index < -0.39 is 17.6 Å². The second kappa shape index (κ2) is 8.03. The number of halogens is 3. The lowest BCUT2D eigenvalue weighted by molar-refractivity contribution is -0.137. The molecule has 0 spiro atoms. The van der Waals surface area contributed by atoms with Gasteiger partial charge >= 0.3 is 6.18 Å². The highest BCUT2D eigenvalue weighted by Crippen LogP contribution is 2.30. The summed E-state index contributed by atoms with van der Waals surface area (Å²) in [6.45, 7) is 5.58. The van der Waals surface area contributed by atoms with Crippen LogP contribution < -0.4 is 10.7 Å². The minimum absolute atomic E-state index is 0.189. The smallest absolute Gasteiger partial charge is 0.376 e. The van der Waals surface area contributed by atoms with Crippen LogP contribution in [0.25, 0.3) is 0 Å². The number of rotatable bonds is 5. The van der Waals surface area contributed by atoms with Crippen molar-refractivity contribution >= 4 is 17.3 Å². The van der Waals surface area contributed by atoms with Gasteiger partial charge in [-0.3, -0.25) is 4.79 Å². The van der Waals surface area contributed by atoms with E-state index in [1.165, 1.54) is 12.1 Å². The van der Waals surface area contributed by atoms with Crippen molar-refractivity contribution in [3.8, 4) is 0 Å². The Morgan fingerprint density at radius 1 is 1.08 bits per heavy atom. The number of anilines is 1. The molecule has 0 aliphatic carbocycles. The molecule has 7 heteroatoms. The van der Waals surface area contributed by atoms with E-state index in [1.807, 2.05) is 32.0 Å². The second-order valence-corrected chi connectivity index (χ2v) is 5.96. The van der Waals surface area contributed by atoms with Crippen molar-refractivity contribution in [2.24, 2.45) is 5.10 Å². The fraction of sp³-hybridized carbons (Fsp3) is 0.263. The van der Waals surface area contributed by atoms with E-state index in [4.69, 9.17) is 0 Å². The van der Waals surface area contributed by atoms with Crippen LogP contribution in [0.1, 0.15) is 29.2 Å². The molecule has 138 valence electrons. The quantitative estimate of drug-likeness (QED) is 0.616. The zero-order chi connectivity index (χ0) is 19.3. The fourth-order valence-corrected chi connectivity index (χ4v) is 2.20. The first-order valence-electron chi connectivity index (χ1n) is 7.98. The lowest BCUT2D eigenvalue weighted by Gasteiger charge is -2.10. The summed E-state index contributed by atoms with van der Waals surface area (Å²) in [5.74, 6) is -0.453. The Labute approximate surface area is 150 Å². The molecule has 26 heavy (non-hydrogen) atoms. The van der Waals surface area contributed by atoms with Gasteiger partial charge in [0.1, 0.15) is 0 Å². The molecule has 0 saturated heterocycles. The third kappa shape index (κ3) is 5.34. The van der Waals surface area contributed by atoms with Crippen molar-refractivity contribution in [3.63, 3.8) is 0 Å². The highest BCUT2D eigenvalue weighted by atomic mass is 19.4. The van der Waals surface area contributed by atoms with Crippen molar-refractivity contribution in [3.05, 3.63) is 64.7 Å². The predicted octanol–water partition coefficient (Wildman–Crippen LogP) is 4.27. The number of carbonyl (C=O) groups is 1. The Bertz CT molecular complexity index is 829. The second-order valence-electron chi connectivity index (χ2n) is 5.96. The highest BCUT2D eigenvalue weighted by Gasteiger charge is 2.30. The Kier molecular flexibility index (Phi) is 6.02. The SMILES string of the molecule is C/C(=N/NC(=O)CNc1cccc(C(F)(F)F)c1)c1ccc(C)c(C)c1. The molecule has 0 atom stereocenters. The van der Waals surface area contributed by atoms with Crippen LogP contribution in [-0.2, 0) is 11.0 Å². The first-order valence-corrected chi connectivity index (χ1v) is 7.98. The molecule has 2 aromatic carbocycles. The molecule has 4 nitrogen and oxygen atoms in total. The van der Waals surface area contributed by atoms with Crippen LogP contribution in [0.4, 0.5) is 18.9 Å². The van der Waals surface area contributed by atoms with Gasteiger partial charge in [0.15, 0.2) is 0 Å². The molecule has 0 fully saturated rings. The molecule has 2 N–H and O–H groups in total. The lowest BCUT2D eigenvalue weighted by Crippen LogP contribution is -2.26. The molecule has 0 bridgehead atoms. The lowest BCUT2D eigenvalue weighted by atomic mass is 10.0. The number of hydrogen-bond acceptors (Lipinski definition) is 3. The van der Waals surface area contributed by atoms with Crippen LogP contribution in [0.15, 0.2) is 47.6 Å². The number of hydrazone groups is 1. The molecule has 0 heterocycles. The molecule has 0 radical (unpaired) electrons. The van der Waals surface area contributed by atoms with Gasteiger partial charge in [0.05, 0.1) is 17.8 Å². The minimum atomic E-state index is -4.42. The number of aryl methyl sites for hydroxylation is 2. The van der Waals surface area contributed by atoms with Gasteiger partial charge in [0.25, 0.3) is 5.91 Å². The predicted molar refractivity (Wildman–Crippen MR) is 96.2 cm³/mol. The zero-order valence-electron chi connectivity index (χ0n) is 14.7. The van der Waals surface area contributed by atoms with Gasteiger partial charge in [-0.25, -0.2) is 5.43 Å². The van der Waals surface area contributed by atoms with Crippen LogP contribution in [-0.4, -0.2) is 18.2 Å². The topological polar surface area (TPSA) is 53.5 Å². The summed E-state index contributed by atoms with van der Waals surface area (Å²) in [6, 6.07) is 10.5. The maximum absolute atomic E-state index is 12.7. The van der Waals surface area contributed by atoms with Crippen molar-refractivity contribution in [1.82, 2.24) is 5.43 Å². The maximum atomic E-state index is 12.7. The van der Waals surface area contributed by atoms with Gasteiger partial charge in [-0.15, -0.1) is 0 Å². The summed E-state index contributed by atoms with van der Waals surface area (Å²) in [6.07, 6.45) is -4.42. The van der Waals surface area contributed by atoms with Crippen molar-refractivity contribution in [2.75, 3.05) is 11.9 Å². The molecular formula is C19H20F3N3O. The van der Waals surface area contributed by atoms with Crippen LogP contribution in [0.5, 0.6) is 0 Å². The first kappa shape index (κ1) is 19.5. The summed E-state index contributed by atoms with van der Waals surface area (Å²) in [7, 11) is 0. The molecule has 2 aromatic rings. The number of nitrogens with zero attached hydrogens (tertiary/aromatic N) is 1. The van der Waals surface area contributed by atoms with Crippen LogP contribution in [0.3, 0.4) is 0 Å². The average Bonchev–Trinajstić information content (AvgIpc) is 2.59. The van der Waals surface area contributed by atoms with E-state index in [9.17, 15) is 18.0 Å². The number of hydrogen-bond donors (Lipinski definition) is 2. The van der Waals surface area contributed by atoms with Gasteiger partial charge in [0, 0.05) is 5.69 Å². The van der Waals surface area contributed by atoms with Gasteiger partial charge < -0.3 is 5.32 Å². The Morgan fingerprint density at radius 2 is 1.81 bits per heavy atom. The van der Waals surface area contributed by atoms with Gasteiger partial charge in [-0.1, -0.05) is 18.2 Å². The van der Waals surface area contributed by atoms with Crippen molar-refractivity contribution in [1.29, 1.82) is 0 Å². The molecule has 0 saturated carbocycles. The monoisotopic (exact) mass is 363 g/mol. The van der Waals surface area contributed by atoms with E-state index in [2.05, 4.69) is 15.8 Å². The molecular weight excluding hydrogens is 343 g/mol. The molecule has 1 amide bonds. The highest BCUT2D eigenvalue weighted by molar-refractivity contribution is 5.99. The van der Waals surface area contributed by atoms with E-state index >= 15 is 0 Å². The number of amides is 1. The van der Waals surface area contributed by atoms with Crippen LogP contribution in [0, 0.1) is 13.8 Å². The van der Waals surface area contributed by atoms with Crippen molar-refractivity contribution < 1.29 is 18.0 Å². The standard InChI is InChI=1S/C19H20F3N3O/c1-12-7-8-15(9-13(12)2)14(3)24-25-18(26)11-23-17-6-4-5-16(10-17)19(20,21)22/h4-10,23H,11H2,1-3H3,(H,25,26)/b24-14-. The number of carbonyl (C=O) groups excluding carboxylic acids is 1. The van der Waals surface area contributed by atoms with Crippen LogP contribution in [0.2, 0.25) is 0 Å². The Hall–Kier alpha value is -2.83. The first-order chi connectivity index (χ1) is 12.2. The summed E-state index contributed by atoms with van der Waals surface area (Å²) >= 11 is 0. The van der Waals surface area contributed by atoms with Crippen LogP contribution >= 0.6 is 0 Å². The number of alkyl halides is 3. The summed E-state index contributed by atoms with van der Waals surface area (Å²) in [4.78, 5) is 11.9. The van der Waals surface area contributed by atoms with Gasteiger partial charge in [-0.2, -0.15) is 18.3 Å². The fourth-order valence-electron chi connectivity index (χ4n) is 2.20. The molecule has 0 aromatic heterocycles.